The highest BCUT2D eigenvalue weighted by molar-refractivity contribution is 8.14. The van der Waals surface area contributed by atoms with Gasteiger partial charge in [0.15, 0.2) is 0 Å². The Kier molecular flexibility index (Phi) is 1.30. The lowest BCUT2D eigenvalue weighted by Gasteiger charge is -2.16. The average Bonchev–Trinajstić information content (AvgIpc) is 2.64. The van der Waals surface area contributed by atoms with Gasteiger partial charge in [-0.3, -0.25) is 9.79 Å². The Labute approximate surface area is 69.4 Å². The van der Waals surface area contributed by atoms with Crippen molar-refractivity contribution in [3.05, 3.63) is 0 Å². The van der Waals surface area contributed by atoms with Gasteiger partial charge in [-0.1, -0.05) is 11.8 Å². The number of primary amides is 1. The molecule has 11 heavy (non-hydrogen) atoms. The van der Waals surface area contributed by atoms with Crippen LogP contribution in [0.2, 0.25) is 0 Å². The summed E-state index contributed by atoms with van der Waals surface area (Å²) in [4.78, 5) is 15.2. The Balaban J connectivity index is 2.23. The van der Waals surface area contributed by atoms with E-state index in [4.69, 9.17) is 5.73 Å². The van der Waals surface area contributed by atoms with E-state index in [1.165, 1.54) is 11.8 Å². The minimum absolute atomic E-state index is 0.175. The maximum Gasteiger partial charge on any atom is 0.234 e. The van der Waals surface area contributed by atoms with Gasteiger partial charge in [-0.15, -0.1) is 0 Å². The number of carbonyl (C=O) groups excluding carboxylic acids is 1. The molecular formula is C7H10N2OS. The van der Waals surface area contributed by atoms with Crippen LogP contribution < -0.4 is 5.73 Å². The number of carbonyl (C=O) groups is 1. The predicted octanol–water partition coefficient (Wildman–Crippen LogP) is 0.394. The molecule has 0 aromatic heterocycles. The predicted molar refractivity (Wildman–Crippen MR) is 45.6 cm³/mol. The SMILES string of the molecule is CC1N=CSC2(C(N)=O)CC12. The van der Waals surface area contributed by atoms with Gasteiger partial charge in [0.1, 0.15) is 4.75 Å². The summed E-state index contributed by atoms with van der Waals surface area (Å²) >= 11 is 1.49. The minimum Gasteiger partial charge on any atom is -0.368 e. The molecule has 60 valence electrons. The number of amides is 1. The Hall–Kier alpha value is -0.510. The quantitative estimate of drug-likeness (QED) is 0.619. The summed E-state index contributed by atoms with van der Waals surface area (Å²) in [6, 6.07) is 0.281. The van der Waals surface area contributed by atoms with Crippen molar-refractivity contribution in [1.29, 1.82) is 0 Å². The van der Waals surface area contributed by atoms with Crippen LogP contribution in [0.3, 0.4) is 0 Å². The molecule has 1 heterocycles. The summed E-state index contributed by atoms with van der Waals surface area (Å²) in [5, 5.41) is 0. The fourth-order valence-corrected chi connectivity index (χ4v) is 2.83. The average molecular weight is 170 g/mol. The molecule has 0 aromatic carbocycles. The molecule has 4 heteroatoms. The van der Waals surface area contributed by atoms with Gasteiger partial charge >= 0.3 is 0 Å². The van der Waals surface area contributed by atoms with Gasteiger partial charge in [-0.25, -0.2) is 0 Å². The number of aliphatic imine (C=N–C) groups is 1. The van der Waals surface area contributed by atoms with Gasteiger partial charge < -0.3 is 5.73 Å². The van der Waals surface area contributed by atoms with Crippen LogP contribution in [-0.2, 0) is 4.79 Å². The van der Waals surface area contributed by atoms with Crippen molar-refractivity contribution in [2.45, 2.75) is 24.1 Å². The summed E-state index contributed by atoms with van der Waals surface area (Å²) in [5.41, 5.74) is 7.05. The molecule has 2 aliphatic rings. The number of thioether (sulfide) groups is 1. The van der Waals surface area contributed by atoms with E-state index in [1.807, 2.05) is 6.92 Å². The van der Waals surface area contributed by atoms with Crippen molar-refractivity contribution < 1.29 is 4.79 Å². The van der Waals surface area contributed by atoms with Gasteiger partial charge in [0.05, 0.1) is 11.6 Å². The summed E-state index contributed by atoms with van der Waals surface area (Å²) in [6.45, 7) is 2.03. The lowest BCUT2D eigenvalue weighted by molar-refractivity contribution is -0.118. The molecule has 3 nitrogen and oxygen atoms in total. The summed E-state index contributed by atoms with van der Waals surface area (Å²) < 4.78 is -0.277. The van der Waals surface area contributed by atoms with Crippen LogP contribution in [0.25, 0.3) is 0 Å². The lowest BCUT2D eigenvalue weighted by Crippen LogP contribution is -2.33. The zero-order valence-electron chi connectivity index (χ0n) is 6.28. The molecule has 1 aliphatic carbocycles. The van der Waals surface area contributed by atoms with E-state index in [1.54, 1.807) is 5.55 Å². The number of rotatable bonds is 1. The lowest BCUT2D eigenvalue weighted by atomic mass is 10.2. The molecule has 3 unspecified atom stereocenters. The second kappa shape index (κ2) is 2.00. The summed E-state index contributed by atoms with van der Waals surface area (Å²) in [7, 11) is 0. The first-order valence-corrected chi connectivity index (χ1v) is 4.54. The Morgan fingerprint density at radius 2 is 2.64 bits per heavy atom. The molecule has 1 saturated carbocycles. The molecule has 0 bridgehead atoms. The zero-order chi connectivity index (χ0) is 8.06. The number of nitrogens with zero attached hydrogens (tertiary/aromatic N) is 1. The van der Waals surface area contributed by atoms with Crippen LogP contribution in [0.4, 0.5) is 0 Å². The highest BCUT2D eigenvalue weighted by Gasteiger charge is 2.62. The van der Waals surface area contributed by atoms with Gasteiger partial charge in [0, 0.05) is 5.92 Å². The topological polar surface area (TPSA) is 55.4 Å². The largest absolute Gasteiger partial charge is 0.368 e. The van der Waals surface area contributed by atoms with E-state index >= 15 is 0 Å². The fraction of sp³-hybridized carbons (Fsp3) is 0.714. The van der Waals surface area contributed by atoms with E-state index in [9.17, 15) is 4.79 Å². The molecule has 0 spiro atoms. The molecule has 0 saturated heterocycles. The highest BCUT2D eigenvalue weighted by Crippen LogP contribution is 2.57. The van der Waals surface area contributed by atoms with Crippen molar-refractivity contribution in [2.24, 2.45) is 16.6 Å². The Morgan fingerprint density at radius 3 is 3.18 bits per heavy atom. The third kappa shape index (κ3) is 0.819. The van der Waals surface area contributed by atoms with Crippen LogP contribution in [0.15, 0.2) is 4.99 Å². The van der Waals surface area contributed by atoms with Gasteiger partial charge in [0.25, 0.3) is 0 Å². The van der Waals surface area contributed by atoms with Gasteiger partial charge in [-0.05, 0) is 13.3 Å². The first-order valence-electron chi connectivity index (χ1n) is 3.66. The van der Waals surface area contributed by atoms with E-state index in [2.05, 4.69) is 4.99 Å². The molecule has 3 atom stereocenters. The minimum atomic E-state index is -0.277. The second-order valence-corrected chi connectivity index (χ2v) is 4.35. The molecule has 0 radical (unpaired) electrons. The molecule has 1 aliphatic heterocycles. The van der Waals surface area contributed by atoms with Crippen molar-refractivity contribution in [1.82, 2.24) is 0 Å². The van der Waals surface area contributed by atoms with Crippen molar-refractivity contribution >= 4 is 23.2 Å². The van der Waals surface area contributed by atoms with E-state index in [0.717, 1.165) is 6.42 Å². The van der Waals surface area contributed by atoms with Gasteiger partial charge in [0.2, 0.25) is 5.91 Å². The third-order valence-corrected chi connectivity index (χ3v) is 3.84. The van der Waals surface area contributed by atoms with Crippen LogP contribution in [0.5, 0.6) is 0 Å². The molecule has 1 fully saturated rings. The second-order valence-electron chi connectivity index (χ2n) is 3.18. The summed E-state index contributed by atoms with van der Waals surface area (Å²) in [6.07, 6.45) is 0.911. The van der Waals surface area contributed by atoms with Crippen LogP contribution in [-0.4, -0.2) is 22.2 Å². The molecule has 0 aromatic rings. The smallest absolute Gasteiger partial charge is 0.234 e. The normalized spacial score (nSPS) is 46.6. The highest BCUT2D eigenvalue weighted by atomic mass is 32.2. The number of fused-ring (bicyclic) bond motifs is 1. The van der Waals surface area contributed by atoms with Crippen LogP contribution in [0.1, 0.15) is 13.3 Å². The van der Waals surface area contributed by atoms with E-state index in [0.29, 0.717) is 5.92 Å². The van der Waals surface area contributed by atoms with Gasteiger partial charge in [-0.2, -0.15) is 0 Å². The zero-order valence-corrected chi connectivity index (χ0v) is 7.10. The third-order valence-electron chi connectivity index (χ3n) is 2.52. The van der Waals surface area contributed by atoms with E-state index < -0.39 is 0 Å². The van der Waals surface area contributed by atoms with E-state index in [-0.39, 0.29) is 16.7 Å². The molecule has 1 amide bonds. The number of nitrogens with two attached hydrogens (primary N) is 1. The Morgan fingerprint density at radius 1 is 1.91 bits per heavy atom. The first-order chi connectivity index (χ1) is 5.17. The monoisotopic (exact) mass is 170 g/mol. The maximum atomic E-state index is 11.0. The number of hydrogen-bond donors (Lipinski definition) is 1. The maximum absolute atomic E-state index is 11.0. The fourth-order valence-electron chi connectivity index (χ4n) is 1.63. The van der Waals surface area contributed by atoms with Crippen molar-refractivity contribution in [3.63, 3.8) is 0 Å². The van der Waals surface area contributed by atoms with Crippen molar-refractivity contribution in [3.8, 4) is 0 Å². The first kappa shape index (κ1) is 7.16. The van der Waals surface area contributed by atoms with Crippen molar-refractivity contribution in [2.75, 3.05) is 0 Å². The standard InChI is InChI=1S/C7H10N2OS/c1-4-5-2-7(5,6(8)10)11-3-9-4/h3-5H,2H2,1H3,(H2,8,10). The molecule has 2 N–H and O–H groups in total. The molecular weight excluding hydrogens is 160 g/mol. The number of hydrogen-bond acceptors (Lipinski definition) is 3. The van der Waals surface area contributed by atoms with Crippen LogP contribution in [0, 0.1) is 5.92 Å². The Bertz CT molecular complexity index is 241. The molecule has 2 rings (SSSR count). The van der Waals surface area contributed by atoms with Crippen LogP contribution >= 0.6 is 11.8 Å². The summed E-state index contributed by atoms with van der Waals surface area (Å²) in [5.74, 6) is 0.223.